The van der Waals surface area contributed by atoms with Crippen LogP contribution < -0.4 is 14.4 Å². The summed E-state index contributed by atoms with van der Waals surface area (Å²) < 4.78 is 16.5. The summed E-state index contributed by atoms with van der Waals surface area (Å²) in [6.45, 7) is 1.45. The lowest BCUT2D eigenvalue weighted by Crippen LogP contribution is -2.29. The second-order valence-corrected chi connectivity index (χ2v) is 9.31. The standard InChI is InChI=1S/C31H22ClNO7/c1-18(28(34)19-6-5-7-21(32)16-19)39-31(37)20-10-15-24-25(17-20)30(36)33(29(24)35)22-11-13-23(14-12-22)40-27-9-4-3-8-26(27)38-2/h3-18H,1-2H3. The Kier molecular flexibility index (Phi) is 7.35. The number of ether oxygens (including phenoxy) is 3. The minimum absolute atomic E-state index is 0.0352. The molecule has 0 saturated carbocycles. The quantitative estimate of drug-likeness (QED) is 0.141. The van der Waals surface area contributed by atoms with Crippen molar-refractivity contribution in [1.29, 1.82) is 0 Å². The molecular weight excluding hydrogens is 534 g/mol. The molecule has 200 valence electrons. The number of esters is 1. The fraction of sp³-hybridized carbons (Fsp3) is 0.0968. The van der Waals surface area contributed by atoms with Crippen LogP contribution in [0.5, 0.6) is 17.2 Å². The Balaban J connectivity index is 1.31. The van der Waals surface area contributed by atoms with Gasteiger partial charge in [0.15, 0.2) is 17.6 Å². The number of carbonyl (C=O) groups excluding carboxylic acids is 4. The van der Waals surface area contributed by atoms with Gasteiger partial charge in [-0.2, -0.15) is 0 Å². The van der Waals surface area contributed by atoms with E-state index in [2.05, 4.69) is 0 Å². The predicted octanol–water partition coefficient (Wildman–Crippen LogP) is 6.37. The van der Waals surface area contributed by atoms with Gasteiger partial charge in [0, 0.05) is 10.6 Å². The molecule has 1 aliphatic rings. The first-order valence-electron chi connectivity index (χ1n) is 12.2. The van der Waals surface area contributed by atoms with Crippen LogP contribution in [0.2, 0.25) is 5.02 Å². The van der Waals surface area contributed by atoms with Gasteiger partial charge < -0.3 is 14.2 Å². The lowest BCUT2D eigenvalue weighted by molar-refractivity contribution is 0.0318. The molecule has 0 saturated heterocycles. The maximum Gasteiger partial charge on any atom is 0.338 e. The number of carbonyl (C=O) groups is 4. The van der Waals surface area contributed by atoms with Gasteiger partial charge in [-0.15, -0.1) is 0 Å². The third-order valence-electron chi connectivity index (χ3n) is 6.28. The van der Waals surface area contributed by atoms with Gasteiger partial charge in [-0.3, -0.25) is 14.4 Å². The average Bonchev–Trinajstić information content (AvgIpc) is 3.22. The number of rotatable bonds is 8. The van der Waals surface area contributed by atoms with Crippen LogP contribution in [0.15, 0.2) is 91.0 Å². The summed E-state index contributed by atoms with van der Waals surface area (Å²) in [6.07, 6.45) is -1.09. The van der Waals surface area contributed by atoms with Crippen molar-refractivity contribution in [1.82, 2.24) is 0 Å². The monoisotopic (exact) mass is 555 g/mol. The Bertz CT molecular complexity index is 1650. The van der Waals surface area contributed by atoms with Gasteiger partial charge >= 0.3 is 5.97 Å². The molecule has 1 atom stereocenters. The van der Waals surface area contributed by atoms with Gasteiger partial charge in [0.05, 0.1) is 29.5 Å². The van der Waals surface area contributed by atoms with Crippen molar-refractivity contribution in [3.8, 4) is 17.2 Å². The number of halogens is 1. The molecule has 0 aliphatic carbocycles. The summed E-state index contributed by atoms with van der Waals surface area (Å²) in [6, 6.07) is 24.0. The molecule has 8 nitrogen and oxygen atoms in total. The molecule has 0 fully saturated rings. The summed E-state index contributed by atoms with van der Waals surface area (Å²) in [5, 5.41) is 0.384. The summed E-state index contributed by atoms with van der Waals surface area (Å²) in [5.74, 6) is -0.781. The van der Waals surface area contributed by atoms with Crippen LogP contribution in [0, 0.1) is 0 Å². The molecule has 0 aromatic heterocycles. The lowest BCUT2D eigenvalue weighted by Gasteiger charge is -2.15. The highest BCUT2D eigenvalue weighted by Crippen LogP contribution is 2.34. The first kappa shape index (κ1) is 26.6. The molecule has 0 radical (unpaired) electrons. The van der Waals surface area contributed by atoms with E-state index in [9.17, 15) is 19.2 Å². The highest BCUT2D eigenvalue weighted by molar-refractivity contribution is 6.34. The Labute approximate surface area is 234 Å². The van der Waals surface area contributed by atoms with Crippen molar-refractivity contribution in [3.05, 3.63) is 118 Å². The Hall–Kier alpha value is -4.95. The molecule has 0 N–H and O–H groups in total. The van der Waals surface area contributed by atoms with E-state index in [1.807, 2.05) is 12.1 Å². The van der Waals surface area contributed by atoms with E-state index in [4.69, 9.17) is 25.8 Å². The molecule has 1 unspecified atom stereocenters. The Morgan fingerprint density at radius 1 is 0.775 bits per heavy atom. The smallest absolute Gasteiger partial charge is 0.338 e. The van der Waals surface area contributed by atoms with Crippen LogP contribution in [0.4, 0.5) is 5.69 Å². The second kappa shape index (κ2) is 11.0. The van der Waals surface area contributed by atoms with Crippen LogP contribution in [0.3, 0.4) is 0 Å². The minimum atomic E-state index is -1.09. The largest absolute Gasteiger partial charge is 0.493 e. The molecule has 5 rings (SSSR count). The number of hydrogen-bond acceptors (Lipinski definition) is 7. The van der Waals surface area contributed by atoms with Crippen molar-refractivity contribution in [2.45, 2.75) is 13.0 Å². The molecule has 9 heteroatoms. The summed E-state index contributed by atoms with van der Waals surface area (Å²) in [7, 11) is 1.54. The van der Waals surface area contributed by atoms with Crippen molar-refractivity contribution < 1.29 is 33.4 Å². The van der Waals surface area contributed by atoms with Crippen molar-refractivity contribution in [2.75, 3.05) is 12.0 Å². The van der Waals surface area contributed by atoms with Gasteiger partial charge in [-0.25, -0.2) is 9.69 Å². The topological polar surface area (TPSA) is 99.2 Å². The van der Waals surface area contributed by atoms with Crippen molar-refractivity contribution in [2.24, 2.45) is 0 Å². The van der Waals surface area contributed by atoms with Crippen molar-refractivity contribution in [3.63, 3.8) is 0 Å². The number of methoxy groups -OCH3 is 1. The third-order valence-corrected chi connectivity index (χ3v) is 6.51. The zero-order valence-electron chi connectivity index (χ0n) is 21.4. The highest BCUT2D eigenvalue weighted by Gasteiger charge is 2.37. The maximum atomic E-state index is 13.2. The van der Waals surface area contributed by atoms with Crippen LogP contribution in [-0.2, 0) is 4.74 Å². The van der Waals surface area contributed by atoms with E-state index in [1.54, 1.807) is 61.7 Å². The van der Waals surface area contributed by atoms with E-state index < -0.39 is 29.7 Å². The van der Waals surface area contributed by atoms with E-state index in [-0.39, 0.29) is 16.7 Å². The second-order valence-electron chi connectivity index (χ2n) is 8.88. The Morgan fingerprint density at radius 2 is 1.48 bits per heavy atom. The molecule has 2 amide bonds. The number of benzene rings is 4. The number of nitrogens with zero attached hydrogens (tertiary/aromatic N) is 1. The maximum absolute atomic E-state index is 13.2. The normalized spacial score (nSPS) is 13.0. The SMILES string of the molecule is COc1ccccc1Oc1ccc(N2C(=O)c3ccc(C(=O)OC(C)C(=O)c4cccc(Cl)c4)cc3C2=O)cc1. The molecule has 0 bridgehead atoms. The number of ketones is 1. The highest BCUT2D eigenvalue weighted by atomic mass is 35.5. The Morgan fingerprint density at radius 3 is 2.17 bits per heavy atom. The van der Waals surface area contributed by atoms with E-state index in [1.165, 1.54) is 31.2 Å². The fourth-order valence-electron chi connectivity index (χ4n) is 4.25. The van der Waals surface area contributed by atoms with Crippen LogP contribution >= 0.6 is 11.6 Å². The first-order chi connectivity index (χ1) is 19.3. The van der Waals surface area contributed by atoms with Crippen molar-refractivity contribution >= 4 is 40.9 Å². The number of imide groups is 1. The number of Topliss-reactive ketones (excluding diaryl/α,β-unsaturated/α-hetero) is 1. The lowest BCUT2D eigenvalue weighted by atomic mass is 10.1. The zero-order valence-corrected chi connectivity index (χ0v) is 22.2. The van der Waals surface area contributed by atoms with Crippen LogP contribution in [0.25, 0.3) is 0 Å². The summed E-state index contributed by atoms with van der Waals surface area (Å²) in [4.78, 5) is 52.8. The molecule has 0 spiro atoms. The molecule has 40 heavy (non-hydrogen) atoms. The number of hydrogen-bond donors (Lipinski definition) is 0. The summed E-state index contributed by atoms with van der Waals surface area (Å²) in [5.41, 5.74) is 0.885. The average molecular weight is 556 g/mol. The molecular formula is C31H22ClNO7. The minimum Gasteiger partial charge on any atom is -0.493 e. The number of anilines is 1. The number of para-hydroxylation sites is 2. The van der Waals surface area contributed by atoms with E-state index >= 15 is 0 Å². The van der Waals surface area contributed by atoms with Crippen LogP contribution in [0.1, 0.15) is 48.4 Å². The molecule has 1 aliphatic heterocycles. The van der Waals surface area contributed by atoms with Crippen LogP contribution in [-0.4, -0.2) is 36.8 Å². The molecule has 1 heterocycles. The third kappa shape index (κ3) is 5.17. The first-order valence-corrected chi connectivity index (χ1v) is 12.6. The van der Waals surface area contributed by atoms with E-state index in [0.29, 0.717) is 33.5 Å². The predicted molar refractivity (Wildman–Crippen MR) is 148 cm³/mol. The van der Waals surface area contributed by atoms with Gasteiger partial charge in [-0.1, -0.05) is 35.9 Å². The number of amides is 2. The van der Waals surface area contributed by atoms with Gasteiger partial charge in [0.1, 0.15) is 5.75 Å². The van der Waals surface area contributed by atoms with Gasteiger partial charge in [-0.05, 0) is 73.7 Å². The van der Waals surface area contributed by atoms with E-state index in [0.717, 1.165) is 4.90 Å². The van der Waals surface area contributed by atoms with Gasteiger partial charge in [0.25, 0.3) is 11.8 Å². The molecule has 4 aromatic rings. The fourth-order valence-corrected chi connectivity index (χ4v) is 4.44. The zero-order chi connectivity index (χ0) is 28.4. The molecule has 4 aromatic carbocycles. The van der Waals surface area contributed by atoms with Gasteiger partial charge in [0.2, 0.25) is 5.78 Å². The number of fused-ring (bicyclic) bond motifs is 1. The summed E-state index contributed by atoms with van der Waals surface area (Å²) >= 11 is 5.95.